The first-order valence-electron chi connectivity index (χ1n) is 10.6. The molecule has 0 aliphatic carbocycles. The molecule has 5 nitrogen and oxygen atoms in total. The summed E-state index contributed by atoms with van der Waals surface area (Å²) in [6.07, 6.45) is 19.2. The van der Waals surface area contributed by atoms with Crippen molar-refractivity contribution in [1.82, 2.24) is 0 Å². The number of hydrogen-bond donors (Lipinski definition) is 3. The van der Waals surface area contributed by atoms with E-state index >= 15 is 0 Å². The van der Waals surface area contributed by atoms with E-state index in [1.165, 1.54) is 90.4 Å². The van der Waals surface area contributed by atoms with Gasteiger partial charge in [-0.1, -0.05) is 96.8 Å². The molecule has 156 valence electrons. The number of unbranched alkanes of at least 4 members (excludes halogenated alkanes) is 14. The third-order valence-corrected chi connectivity index (χ3v) is 4.41. The molecule has 0 spiro atoms. The molecule has 0 aliphatic heterocycles. The maximum atomic E-state index is 10.3. The minimum atomic E-state index is -1.01. The molecule has 1 unspecified atom stereocenters. The van der Waals surface area contributed by atoms with Crippen LogP contribution < -0.4 is 5.73 Å². The maximum absolute atomic E-state index is 10.3. The van der Waals surface area contributed by atoms with Crippen molar-refractivity contribution in [3.8, 4) is 0 Å². The number of nitrogens with two attached hydrogens (primary N) is 1. The summed E-state index contributed by atoms with van der Waals surface area (Å²) < 4.78 is 0. The SMILES string of the molecule is CC(O)C(N)=O.CCCCCCCCCCCCCCCCCC(=O)O. The van der Waals surface area contributed by atoms with Crippen LogP contribution in [0.5, 0.6) is 0 Å². The van der Waals surface area contributed by atoms with E-state index in [9.17, 15) is 9.59 Å². The fraction of sp³-hybridized carbons (Fsp3) is 0.905. The first-order chi connectivity index (χ1) is 12.4. The zero-order chi connectivity index (χ0) is 20.0. The Kier molecular flexibility index (Phi) is 22.9. The number of carboxylic acid groups (broad SMARTS) is 1. The average Bonchev–Trinajstić information content (AvgIpc) is 2.58. The van der Waals surface area contributed by atoms with E-state index in [1.807, 2.05) is 0 Å². The summed E-state index contributed by atoms with van der Waals surface area (Å²) in [5, 5.41) is 16.7. The van der Waals surface area contributed by atoms with Gasteiger partial charge in [-0.05, 0) is 13.3 Å². The third-order valence-electron chi connectivity index (χ3n) is 4.41. The molecule has 0 rings (SSSR count). The van der Waals surface area contributed by atoms with Gasteiger partial charge in [0.05, 0.1) is 0 Å². The molecule has 0 fully saturated rings. The Labute approximate surface area is 160 Å². The van der Waals surface area contributed by atoms with Crippen LogP contribution in [0.15, 0.2) is 0 Å². The normalized spacial score (nSPS) is 11.5. The van der Waals surface area contributed by atoms with Crippen molar-refractivity contribution in [2.45, 2.75) is 123 Å². The average molecular weight is 374 g/mol. The van der Waals surface area contributed by atoms with Gasteiger partial charge in [0.15, 0.2) is 0 Å². The molecule has 1 atom stereocenters. The standard InChI is InChI=1S/C18H36O2.C3H7NO2/c1-2-3-4-5-6-7-8-9-10-11-12-13-14-15-16-17-18(19)20;1-2(5)3(4)6/h2-17H2,1H3,(H,19,20);2,5H,1H3,(H2,4,6). The van der Waals surface area contributed by atoms with Crippen molar-refractivity contribution in [1.29, 1.82) is 0 Å². The third kappa shape index (κ3) is 27.7. The van der Waals surface area contributed by atoms with Crippen molar-refractivity contribution < 1.29 is 19.8 Å². The lowest BCUT2D eigenvalue weighted by molar-refractivity contribution is -0.137. The van der Waals surface area contributed by atoms with Gasteiger partial charge in [0, 0.05) is 6.42 Å². The number of aliphatic hydroxyl groups excluding tert-OH is 1. The summed E-state index contributed by atoms with van der Waals surface area (Å²) in [6.45, 7) is 3.59. The molecule has 0 aliphatic rings. The van der Waals surface area contributed by atoms with E-state index in [2.05, 4.69) is 12.7 Å². The van der Waals surface area contributed by atoms with Crippen LogP contribution in [0.25, 0.3) is 0 Å². The van der Waals surface area contributed by atoms with Gasteiger partial charge in [-0.2, -0.15) is 0 Å². The highest BCUT2D eigenvalue weighted by Gasteiger charge is 1.98. The van der Waals surface area contributed by atoms with Crippen LogP contribution in [0.4, 0.5) is 0 Å². The van der Waals surface area contributed by atoms with Gasteiger partial charge in [0.25, 0.3) is 0 Å². The molecular weight excluding hydrogens is 330 g/mol. The van der Waals surface area contributed by atoms with Crippen molar-refractivity contribution >= 4 is 11.9 Å². The van der Waals surface area contributed by atoms with E-state index in [0.717, 1.165) is 12.8 Å². The second kappa shape index (κ2) is 21.9. The van der Waals surface area contributed by atoms with Crippen LogP contribution in [0.3, 0.4) is 0 Å². The molecule has 0 saturated heterocycles. The summed E-state index contributed by atoms with van der Waals surface area (Å²) in [6, 6.07) is 0. The van der Waals surface area contributed by atoms with Crippen molar-refractivity contribution in [3.05, 3.63) is 0 Å². The van der Waals surface area contributed by atoms with E-state index in [1.54, 1.807) is 0 Å². The topological polar surface area (TPSA) is 101 Å². The number of hydrogen-bond acceptors (Lipinski definition) is 3. The number of carboxylic acids is 1. The highest BCUT2D eigenvalue weighted by molar-refractivity contribution is 5.77. The molecule has 26 heavy (non-hydrogen) atoms. The smallest absolute Gasteiger partial charge is 0.303 e. The van der Waals surface area contributed by atoms with Gasteiger partial charge in [-0.25, -0.2) is 0 Å². The van der Waals surface area contributed by atoms with Crippen LogP contribution >= 0.6 is 0 Å². The van der Waals surface area contributed by atoms with Gasteiger partial charge in [-0.3, -0.25) is 9.59 Å². The Hall–Kier alpha value is -1.10. The van der Waals surface area contributed by atoms with E-state index in [-0.39, 0.29) is 0 Å². The van der Waals surface area contributed by atoms with E-state index < -0.39 is 18.0 Å². The second-order valence-corrected chi connectivity index (χ2v) is 7.17. The van der Waals surface area contributed by atoms with Crippen molar-refractivity contribution in [2.75, 3.05) is 0 Å². The summed E-state index contributed by atoms with van der Waals surface area (Å²) in [5.41, 5.74) is 4.55. The molecule has 0 aromatic rings. The zero-order valence-corrected chi connectivity index (χ0v) is 17.2. The van der Waals surface area contributed by atoms with Crippen LogP contribution in [-0.2, 0) is 9.59 Å². The predicted molar refractivity (Wildman–Crippen MR) is 108 cm³/mol. The van der Waals surface area contributed by atoms with E-state index in [4.69, 9.17) is 10.2 Å². The predicted octanol–water partition coefficient (Wildman–Crippen LogP) is 5.19. The van der Waals surface area contributed by atoms with Gasteiger partial charge in [0.2, 0.25) is 5.91 Å². The molecule has 0 aromatic heterocycles. The van der Waals surface area contributed by atoms with E-state index in [0.29, 0.717) is 6.42 Å². The monoisotopic (exact) mass is 373 g/mol. The Morgan fingerprint density at radius 1 is 0.731 bits per heavy atom. The number of aliphatic hydroxyl groups is 1. The summed E-state index contributed by atoms with van der Waals surface area (Å²) in [7, 11) is 0. The lowest BCUT2D eigenvalue weighted by atomic mass is 10.0. The molecule has 0 heterocycles. The quantitative estimate of drug-likeness (QED) is 0.306. The maximum Gasteiger partial charge on any atom is 0.303 e. The fourth-order valence-corrected chi connectivity index (χ4v) is 2.65. The molecule has 1 amide bonds. The largest absolute Gasteiger partial charge is 0.481 e. The van der Waals surface area contributed by atoms with Crippen LogP contribution in [0, 0.1) is 0 Å². The van der Waals surface area contributed by atoms with Gasteiger partial charge in [-0.15, -0.1) is 0 Å². The molecule has 0 radical (unpaired) electrons. The highest BCUT2D eigenvalue weighted by Crippen LogP contribution is 2.13. The molecule has 4 N–H and O–H groups in total. The Morgan fingerprint density at radius 3 is 1.23 bits per heavy atom. The number of carbonyl (C=O) groups excluding carboxylic acids is 1. The summed E-state index contributed by atoms with van der Waals surface area (Å²) >= 11 is 0. The van der Waals surface area contributed by atoms with Crippen LogP contribution in [0.2, 0.25) is 0 Å². The first kappa shape index (κ1) is 27.1. The Morgan fingerprint density at radius 2 is 1.00 bits per heavy atom. The van der Waals surface area contributed by atoms with Crippen molar-refractivity contribution in [3.63, 3.8) is 0 Å². The van der Waals surface area contributed by atoms with Gasteiger partial charge < -0.3 is 15.9 Å². The summed E-state index contributed by atoms with van der Waals surface area (Å²) in [4.78, 5) is 20.0. The number of carbonyl (C=O) groups is 2. The molecular formula is C21H43NO4. The van der Waals surface area contributed by atoms with Crippen LogP contribution in [-0.4, -0.2) is 28.2 Å². The first-order valence-corrected chi connectivity index (χ1v) is 10.6. The van der Waals surface area contributed by atoms with Gasteiger partial charge >= 0.3 is 5.97 Å². The molecule has 0 saturated carbocycles. The second-order valence-electron chi connectivity index (χ2n) is 7.17. The summed E-state index contributed by atoms with van der Waals surface area (Å²) in [5.74, 6) is -1.34. The number of rotatable bonds is 17. The highest BCUT2D eigenvalue weighted by atomic mass is 16.4. The minimum Gasteiger partial charge on any atom is -0.481 e. The molecule has 0 aromatic carbocycles. The lowest BCUT2D eigenvalue weighted by Crippen LogP contribution is -2.24. The van der Waals surface area contributed by atoms with Crippen LogP contribution in [0.1, 0.15) is 117 Å². The Balaban J connectivity index is 0. The number of aliphatic carboxylic acids is 1. The minimum absolute atomic E-state index is 0.345. The molecule has 0 bridgehead atoms. The Bertz CT molecular complexity index is 319. The van der Waals surface area contributed by atoms with Crippen molar-refractivity contribution in [2.24, 2.45) is 5.73 Å². The lowest BCUT2D eigenvalue weighted by Gasteiger charge is -2.03. The van der Waals surface area contributed by atoms with Gasteiger partial charge in [0.1, 0.15) is 6.10 Å². The number of amides is 1. The zero-order valence-electron chi connectivity index (χ0n) is 17.2. The molecule has 5 heteroatoms. The fourth-order valence-electron chi connectivity index (χ4n) is 2.65. The number of primary amides is 1.